The van der Waals surface area contributed by atoms with Gasteiger partial charge in [-0.3, -0.25) is 0 Å². The second kappa shape index (κ2) is 4.59. The number of nitrogens with two attached hydrogens (primary N) is 1. The van der Waals surface area contributed by atoms with Crippen molar-refractivity contribution in [2.24, 2.45) is 5.73 Å². The molecule has 0 aliphatic carbocycles. The molecule has 1 aliphatic rings. The molecule has 2 rings (SSSR count). The van der Waals surface area contributed by atoms with Gasteiger partial charge in [0.25, 0.3) is 0 Å². The van der Waals surface area contributed by atoms with Crippen LogP contribution in [0.5, 0.6) is 0 Å². The fraction of sp³-hybridized carbons (Fsp3) is 0.455. The lowest BCUT2D eigenvalue weighted by Crippen LogP contribution is -2.46. The minimum Gasteiger partial charge on any atom is -0.376 e. The summed E-state index contributed by atoms with van der Waals surface area (Å²) in [7, 11) is -2.96. The van der Waals surface area contributed by atoms with Crippen molar-refractivity contribution in [2.45, 2.75) is 12.0 Å². The van der Waals surface area contributed by atoms with Crippen LogP contribution >= 0.6 is 15.9 Å². The molecule has 0 radical (unpaired) electrons. The average molecular weight is 319 g/mol. The van der Waals surface area contributed by atoms with Crippen LogP contribution in [0.4, 0.5) is 5.69 Å². The number of halogens is 1. The van der Waals surface area contributed by atoms with Gasteiger partial charge in [0.1, 0.15) is 0 Å². The summed E-state index contributed by atoms with van der Waals surface area (Å²) in [6, 6.07) is 7.64. The predicted octanol–water partition coefficient (Wildman–Crippen LogP) is 1.38. The SMILES string of the molecule is NCC1(Nc2ccccc2Br)CCS(=O)(=O)C1. The maximum Gasteiger partial charge on any atom is 0.152 e. The Morgan fingerprint density at radius 3 is 2.65 bits per heavy atom. The quantitative estimate of drug-likeness (QED) is 0.883. The summed E-state index contributed by atoms with van der Waals surface area (Å²) in [4.78, 5) is 0. The van der Waals surface area contributed by atoms with Crippen LogP contribution in [0.15, 0.2) is 28.7 Å². The zero-order valence-corrected chi connectivity index (χ0v) is 11.7. The molecule has 1 fully saturated rings. The third kappa shape index (κ3) is 2.81. The van der Waals surface area contributed by atoms with E-state index in [9.17, 15) is 8.42 Å². The van der Waals surface area contributed by atoms with Crippen molar-refractivity contribution in [3.8, 4) is 0 Å². The molecular formula is C11H15BrN2O2S. The number of benzene rings is 1. The number of rotatable bonds is 3. The summed E-state index contributed by atoms with van der Waals surface area (Å²) >= 11 is 3.43. The van der Waals surface area contributed by atoms with E-state index in [-0.39, 0.29) is 11.5 Å². The lowest BCUT2D eigenvalue weighted by molar-refractivity contribution is 0.533. The summed E-state index contributed by atoms with van der Waals surface area (Å²) in [5.41, 5.74) is 6.10. The van der Waals surface area contributed by atoms with Gasteiger partial charge in [-0.25, -0.2) is 8.42 Å². The molecule has 4 nitrogen and oxygen atoms in total. The molecule has 0 aromatic heterocycles. The van der Waals surface area contributed by atoms with E-state index in [1.807, 2.05) is 24.3 Å². The molecule has 1 heterocycles. The number of nitrogens with one attached hydrogen (secondary N) is 1. The van der Waals surface area contributed by atoms with Gasteiger partial charge < -0.3 is 11.1 Å². The standard InChI is InChI=1S/C11H15BrN2O2S/c12-9-3-1-2-4-10(9)14-11(7-13)5-6-17(15,16)8-11/h1-4,14H,5-8,13H2. The van der Waals surface area contributed by atoms with Gasteiger partial charge in [-0.1, -0.05) is 12.1 Å². The average Bonchev–Trinajstić information content (AvgIpc) is 2.59. The molecule has 17 heavy (non-hydrogen) atoms. The topological polar surface area (TPSA) is 72.2 Å². The van der Waals surface area contributed by atoms with Gasteiger partial charge in [-0.05, 0) is 34.5 Å². The van der Waals surface area contributed by atoms with Crippen LogP contribution in [0, 0.1) is 0 Å². The highest BCUT2D eigenvalue weighted by molar-refractivity contribution is 9.10. The van der Waals surface area contributed by atoms with Gasteiger partial charge in [-0.15, -0.1) is 0 Å². The first kappa shape index (κ1) is 12.9. The molecule has 0 saturated carbocycles. The normalized spacial score (nSPS) is 26.9. The van der Waals surface area contributed by atoms with Crippen LogP contribution in [0.25, 0.3) is 0 Å². The summed E-state index contributed by atoms with van der Waals surface area (Å²) in [6.45, 7) is 0.313. The van der Waals surface area contributed by atoms with Crippen molar-refractivity contribution >= 4 is 31.5 Å². The molecule has 0 bridgehead atoms. The lowest BCUT2D eigenvalue weighted by Gasteiger charge is -2.29. The van der Waals surface area contributed by atoms with E-state index in [2.05, 4.69) is 21.2 Å². The van der Waals surface area contributed by atoms with E-state index in [4.69, 9.17) is 5.73 Å². The van der Waals surface area contributed by atoms with Crippen molar-refractivity contribution in [3.63, 3.8) is 0 Å². The number of hydrogen-bond donors (Lipinski definition) is 2. The Hall–Kier alpha value is -0.590. The third-order valence-electron chi connectivity index (χ3n) is 3.05. The van der Waals surface area contributed by atoms with Gasteiger partial charge in [0.05, 0.1) is 17.0 Å². The predicted molar refractivity (Wildman–Crippen MR) is 72.8 cm³/mol. The van der Waals surface area contributed by atoms with Crippen LogP contribution in [0.3, 0.4) is 0 Å². The smallest absolute Gasteiger partial charge is 0.152 e. The summed E-state index contributed by atoms with van der Waals surface area (Å²) < 4.78 is 24.1. The Bertz CT molecular complexity index is 518. The molecule has 94 valence electrons. The summed E-state index contributed by atoms with van der Waals surface area (Å²) in [6.07, 6.45) is 0.563. The second-order valence-electron chi connectivity index (χ2n) is 4.43. The van der Waals surface area contributed by atoms with Crippen molar-refractivity contribution in [3.05, 3.63) is 28.7 Å². The first-order valence-corrected chi connectivity index (χ1v) is 8.01. The van der Waals surface area contributed by atoms with E-state index in [0.29, 0.717) is 13.0 Å². The van der Waals surface area contributed by atoms with E-state index in [0.717, 1.165) is 10.2 Å². The number of para-hydroxylation sites is 1. The Labute approximate surface area is 110 Å². The number of hydrogen-bond acceptors (Lipinski definition) is 4. The van der Waals surface area contributed by atoms with E-state index >= 15 is 0 Å². The molecule has 1 aromatic carbocycles. The van der Waals surface area contributed by atoms with Gasteiger partial charge in [0, 0.05) is 16.7 Å². The van der Waals surface area contributed by atoms with Crippen molar-refractivity contribution < 1.29 is 8.42 Å². The van der Waals surface area contributed by atoms with Gasteiger partial charge in [0.15, 0.2) is 9.84 Å². The molecule has 1 saturated heterocycles. The molecule has 1 aromatic rings. The number of anilines is 1. The van der Waals surface area contributed by atoms with Crippen LogP contribution in [0.2, 0.25) is 0 Å². The Kier molecular flexibility index (Phi) is 3.47. The monoisotopic (exact) mass is 318 g/mol. The highest BCUT2D eigenvalue weighted by Crippen LogP contribution is 2.30. The summed E-state index contributed by atoms with van der Waals surface area (Å²) in [5, 5.41) is 3.28. The van der Waals surface area contributed by atoms with Crippen LogP contribution in [0.1, 0.15) is 6.42 Å². The van der Waals surface area contributed by atoms with Crippen molar-refractivity contribution in [1.29, 1.82) is 0 Å². The Morgan fingerprint density at radius 2 is 2.12 bits per heavy atom. The molecule has 6 heteroatoms. The molecule has 1 aliphatic heterocycles. The van der Waals surface area contributed by atoms with Crippen LogP contribution in [-0.2, 0) is 9.84 Å². The van der Waals surface area contributed by atoms with Gasteiger partial charge in [0.2, 0.25) is 0 Å². The third-order valence-corrected chi connectivity index (χ3v) is 5.56. The molecule has 1 atom stereocenters. The van der Waals surface area contributed by atoms with E-state index in [1.54, 1.807) is 0 Å². The zero-order chi connectivity index (χ0) is 12.5. The Balaban J connectivity index is 2.25. The fourth-order valence-electron chi connectivity index (χ4n) is 2.08. The molecule has 3 N–H and O–H groups in total. The largest absolute Gasteiger partial charge is 0.376 e. The van der Waals surface area contributed by atoms with Gasteiger partial charge >= 0.3 is 0 Å². The highest BCUT2D eigenvalue weighted by Gasteiger charge is 2.41. The van der Waals surface area contributed by atoms with Gasteiger partial charge in [-0.2, -0.15) is 0 Å². The van der Waals surface area contributed by atoms with E-state index in [1.165, 1.54) is 0 Å². The maximum atomic E-state index is 11.6. The molecule has 0 amide bonds. The summed E-state index contributed by atoms with van der Waals surface area (Å²) in [5.74, 6) is 0.319. The first-order chi connectivity index (χ1) is 7.96. The van der Waals surface area contributed by atoms with Crippen LogP contribution < -0.4 is 11.1 Å². The highest BCUT2D eigenvalue weighted by atomic mass is 79.9. The Morgan fingerprint density at radius 1 is 1.41 bits per heavy atom. The zero-order valence-electron chi connectivity index (χ0n) is 9.32. The molecule has 1 unspecified atom stereocenters. The lowest BCUT2D eigenvalue weighted by atomic mass is 9.99. The second-order valence-corrected chi connectivity index (χ2v) is 7.47. The minimum absolute atomic E-state index is 0.109. The number of sulfone groups is 1. The fourth-order valence-corrected chi connectivity index (χ4v) is 4.48. The molecular weight excluding hydrogens is 304 g/mol. The van der Waals surface area contributed by atoms with Crippen LogP contribution in [-0.4, -0.2) is 32.0 Å². The minimum atomic E-state index is -2.96. The molecule has 0 spiro atoms. The first-order valence-electron chi connectivity index (χ1n) is 5.40. The maximum absolute atomic E-state index is 11.6. The van der Waals surface area contributed by atoms with Crippen molar-refractivity contribution in [2.75, 3.05) is 23.4 Å². The van der Waals surface area contributed by atoms with Crippen molar-refractivity contribution in [1.82, 2.24) is 0 Å². The van der Waals surface area contributed by atoms with E-state index < -0.39 is 15.4 Å².